The first kappa shape index (κ1) is 16.0. The Kier molecular flexibility index (Phi) is 4.20. The van der Waals surface area contributed by atoms with Crippen molar-refractivity contribution in [1.29, 1.82) is 0 Å². The van der Waals surface area contributed by atoms with Crippen molar-refractivity contribution in [1.82, 2.24) is 14.7 Å². The molecule has 0 bridgehead atoms. The predicted molar refractivity (Wildman–Crippen MR) is 89.0 cm³/mol. The Morgan fingerprint density at radius 3 is 2.88 bits per heavy atom. The number of nitrogens with one attached hydrogen (secondary N) is 1. The lowest BCUT2D eigenvalue weighted by Crippen LogP contribution is -2.33. The fraction of sp³-hybridized carbons (Fsp3) is 0.375. The van der Waals surface area contributed by atoms with Crippen LogP contribution in [0.4, 0.5) is 16.2 Å². The Labute approximate surface area is 139 Å². The number of aromatic nitrogens is 2. The first-order valence-corrected chi connectivity index (χ1v) is 7.73. The highest BCUT2D eigenvalue weighted by Crippen LogP contribution is 2.28. The zero-order valence-electron chi connectivity index (χ0n) is 13.6. The number of hydrogen-bond acceptors (Lipinski definition) is 4. The quantitative estimate of drug-likeness (QED) is 0.692. The van der Waals surface area contributed by atoms with Crippen LogP contribution >= 0.6 is 0 Å². The molecule has 2 amide bonds. The summed E-state index contributed by atoms with van der Waals surface area (Å²) >= 11 is 0. The summed E-state index contributed by atoms with van der Waals surface area (Å²) in [5.74, 6) is 0.294. The molecular weight excluding hydrogens is 310 g/mol. The third-order valence-electron chi connectivity index (χ3n) is 4.33. The maximum Gasteiger partial charge on any atom is 0.321 e. The molecule has 0 saturated carbocycles. The molecule has 1 aliphatic rings. The fourth-order valence-corrected chi connectivity index (χ4v) is 2.96. The molecule has 1 unspecified atom stereocenters. The SMILES string of the molecule is Cc1cc([N+](=O)[O-])ccc1NC(=O)N1CCC(c2cnn(C)c2)C1. The number of carbonyl (C=O) groups is 1. The highest BCUT2D eigenvalue weighted by atomic mass is 16.6. The molecule has 1 aromatic carbocycles. The van der Waals surface area contributed by atoms with Gasteiger partial charge in [0.25, 0.3) is 5.69 Å². The summed E-state index contributed by atoms with van der Waals surface area (Å²) in [7, 11) is 1.88. The molecule has 8 heteroatoms. The number of carbonyl (C=O) groups excluding carboxylic acids is 1. The number of amides is 2. The van der Waals surface area contributed by atoms with Gasteiger partial charge in [-0.25, -0.2) is 4.79 Å². The van der Waals surface area contributed by atoms with Gasteiger partial charge in [-0.3, -0.25) is 14.8 Å². The zero-order chi connectivity index (χ0) is 17.3. The third kappa shape index (κ3) is 3.22. The van der Waals surface area contributed by atoms with Gasteiger partial charge in [-0.2, -0.15) is 5.10 Å². The summed E-state index contributed by atoms with van der Waals surface area (Å²) in [6, 6.07) is 4.24. The van der Waals surface area contributed by atoms with Gasteiger partial charge in [0.15, 0.2) is 0 Å². The maximum absolute atomic E-state index is 12.4. The van der Waals surface area contributed by atoms with E-state index in [0.29, 0.717) is 30.3 Å². The molecule has 8 nitrogen and oxygen atoms in total. The van der Waals surface area contributed by atoms with Crippen molar-refractivity contribution in [3.8, 4) is 0 Å². The second-order valence-corrected chi connectivity index (χ2v) is 6.07. The number of benzene rings is 1. The molecule has 2 aromatic rings. The maximum atomic E-state index is 12.4. The van der Waals surface area contributed by atoms with Crippen LogP contribution in [0.25, 0.3) is 0 Å². The molecule has 24 heavy (non-hydrogen) atoms. The van der Waals surface area contributed by atoms with Crippen molar-refractivity contribution in [2.45, 2.75) is 19.3 Å². The van der Waals surface area contributed by atoms with Gasteiger partial charge < -0.3 is 10.2 Å². The number of hydrogen-bond donors (Lipinski definition) is 1. The Hall–Kier alpha value is -2.90. The normalized spacial score (nSPS) is 17.1. The number of rotatable bonds is 3. The molecular formula is C16H19N5O3. The van der Waals surface area contributed by atoms with Crippen LogP contribution < -0.4 is 5.32 Å². The molecule has 126 valence electrons. The van der Waals surface area contributed by atoms with Gasteiger partial charge in [0, 0.05) is 50.1 Å². The van der Waals surface area contributed by atoms with Gasteiger partial charge in [-0.15, -0.1) is 0 Å². The molecule has 1 N–H and O–H groups in total. The molecule has 2 heterocycles. The molecule has 0 spiro atoms. The lowest BCUT2D eigenvalue weighted by atomic mass is 10.0. The molecule has 0 radical (unpaired) electrons. The van der Waals surface area contributed by atoms with Gasteiger partial charge in [0.2, 0.25) is 0 Å². The van der Waals surface area contributed by atoms with Crippen LogP contribution in [-0.2, 0) is 7.05 Å². The van der Waals surface area contributed by atoms with E-state index >= 15 is 0 Å². The van der Waals surface area contributed by atoms with E-state index in [-0.39, 0.29) is 11.7 Å². The topological polar surface area (TPSA) is 93.3 Å². The Balaban J connectivity index is 1.64. The first-order chi connectivity index (χ1) is 11.4. The molecule has 0 aliphatic carbocycles. The van der Waals surface area contributed by atoms with E-state index in [0.717, 1.165) is 12.0 Å². The average Bonchev–Trinajstić information content (AvgIpc) is 3.17. The number of non-ortho nitro benzene ring substituents is 1. The number of anilines is 1. The Bertz CT molecular complexity index is 786. The lowest BCUT2D eigenvalue weighted by molar-refractivity contribution is -0.384. The van der Waals surface area contributed by atoms with E-state index in [1.54, 1.807) is 22.6 Å². The van der Waals surface area contributed by atoms with Gasteiger partial charge in [0.05, 0.1) is 11.1 Å². The van der Waals surface area contributed by atoms with Crippen molar-refractivity contribution in [3.63, 3.8) is 0 Å². The van der Waals surface area contributed by atoms with Crippen molar-refractivity contribution in [2.75, 3.05) is 18.4 Å². The second kappa shape index (κ2) is 6.31. The highest BCUT2D eigenvalue weighted by Gasteiger charge is 2.28. The minimum Gasteiger partial charge on any atom is -0.324 e. The van der Waals surface area contributed by atoms with Crippen LogP contribution in [-0.4, -0.2) is 38.7 Å². The summed E-state index contributed by atoms with van der Waals surface area (Å²) < 4.78 is 1.76. The molecule has 1 saturated heterocycles. The Morgan fingerprint density at radius 2 is 2.25 bits per heavy atom. The molecule has 1 fully saturated rings. The van der Waals surface area contributed by atoms with E-state index in [4.69, 9.17) is 0 Å². The minimum atomic E-state index is -0.447. The fourth-order valence-electron chi connectivity index (χ4n) is 2.96. The largest absolute Gasteiger partial charge is 0.324 e. The van der Waals surface area contributed by atoms with Crippen molar-refractivity contribution < 1.29 is 9.72 Å². The number of aryl methyl sites for hydroxylation is 2. The molecule has 1 aromatic heterocycles. The minimum absolute atomic E-state index is 0.0170. The summed E-state index contributed by atoms with van der Waals surface area (Å²) in [6.07, 6.45) is 4.72. The predicted octanol–water partition coefficient (Wildman–Crippen LogP) is 2.66. The lowest BCUT2D eigenvalue weighted by Gasteiger charge is -2.18. The highest BCUT2D eigenvalue weighted by molar-refractivity contribution is 5.90. The van der Waals surface area contributed by atoms with E-state index in [1.807, 2.05) is 19.4 Å². The van der Waals surface area contributed by atoms with Gasteiger partial charge >= 0.3 is 6.03 Å². The number of urea groups is 1. The molecule has 1 atom stereocenters. The van der Waals surface area contributed by atoms with Crippen LogP contribution in [0.2, 0.25) is 0 Å². The average molecular weight is 329 g/mol. The van der Waals surface area contributed by atoms with Crippen LogP contribution in [0.1, 0.15) is 23.5 Å². The van der Waals surface area contributed by atoms with Crippen LogP contribution in [0.3, 0.4) is 0 Å². The van der Waals surface area contributed by atoms with Crippen LogP contribution in [0, 0.1) is 17.0 Å². The monoisotopic (exact) mass is 329 g/mol. The van der Waals surface area contributed by atoms with Crippen molar-refractivity contribution >= 4 is 17.4 Å². The summed E-state index contributed by atoms with van der Waals surface area (Å²) in [5, 5.41) is 17.8. The number of nitrogens with zero attached hydrogens (tertiary/aromatic N) is 4. The molecule has 3 rings (SSSR count). The standard InChI is InChI=1S/C16H19N5O3/c1-11-7-14(21(23)24)3-4-15(11)18-16(22)20-6-5-12(10-20)13-8-17-19(2)9-13/h3-4,7-9,12H,5-6,10H2,1-2H3,(H,18,22). The summed E-state index contributed by atoms with van der Waals surface area (Å²) in [6.45, 7) is 3.06. The number of nitro groups is 1. The summed E-state index contributed by atoms with van der Waals surface area (Å²) in [4.78, 5) is 24.5. The van der Waals surface area contributed by atoms with Gasteiger partial charge in [-0.05, 0) is 30.5 Å². The Morgan fingerprint density at radius 1 is 1.46 bits per heavy atom. The molecule has 1 aliphatic heterocycles. The van der Waals surface area contributed by atoms with E-state index in [1.165, 1.54) is 12.1 Å². The van der Waals surface area contributed by atoms with E-state index < -0.39 is 4.92 Å². The van der Waals surface area contributed by atoms with E-state index in [2.05, 4.69) is 10.4 Å². The second-order valence-electron chi connectivity index (χ2n) is 6.07. The third-order valence-corrected chi connectivity index (χ3v) is 4.33. The van der Waals surface area contributed by atoms with Gasteiger partial charge in [-0.1, -0.05) is 0 Å². The van der Waals surface area contributed by atoms with Crippen molar-refractivity contribution in [3.05, 3.63) is 51.8 Å². The first-order valence-electron chi connectivity index (χ1n) is 7.73. The number of nitro benzene ring substituents is 1. The zero-order valence-corrected chi connectivity index (χ0v) is 13.6. The van der Waals surface area contributed by atoms with Crippen LogP contribution in [0.5, 0.6) is 0 Å². The smallest absolute Gasteiger partial charge is 0.321 e. The van der Waals surface area contributed by atoms with Crippen molar-refractivity contribution in [2.24, 2.45) is 7.05 Å². The van der Waals surface area contributed by atoms with E-state index in [9.17, 15) is 14.9 Å². The summed E-state index contributed by atoms with van der Waals surface area (Å²) in [5.41, 5.74) is 2.42. The number of likely N-dealkylation sites (tertiary alicyclic amines) is 1. The van der Waals surface area contributed by atoms with Crippen LogP contribution in [0.15, 0.2) is 30.6 Å². The van der Waals surface area contributed by atoms with Gasteiger partial charge in [0.1, 0.15) is 0 Å².